The first-order valence-electron chi connectivity index (χ1n) is 13.0. The van der Waals surface area contributed by atoms with E-state index >= 15 is 0 Å². The molecule has 2 aromatic heterocycles. The fraction of sp³-hybridized carbons (Fsp3) is 0.393. The summed E-state index contributed by atoms with van der Waals surface area (Å²) < 4.78 is 7.26. The largest absolute Gasteiger partial charge is 0.450 e. The first-order valence-corrected chi connectivity index (χ1v) is 14.0. The molecule has 38 heavy (non-hydrogen) atoms. The normalized spacial score (nSPS) is 13.8. The van der Waals surface area contributed by atoms with Gasteiger partial charge in [-0.1, -0.05) is 54.2 Å². The summed E-state index contributed by atoms with van der Waals surface area (Å²) in [5.74, 6) is 0.835. The molecule has 0 unspecified atom stereocenters. The van der Waals surface area contributed by atoms with Crippen molar-refractivity contribution in [2.45, 2.75) is 38.4 Å². The maximum atomic E-state index is 12.7. The SMILES string of the molecule is CCOC(=O)N1CCN(C(=O)CCCSc2nnc3c4ccccc4n(Cc4ccccc4C)c3n2)CC1. The zero-order valence-corrected chi connectivity index (χ0v) is 22.6. The van der Waals surface area contributed by atoms with Crippen LogP contribution in [0, 0.1) is 6.92 Å². The summed E-state index contributed by atoms with van der Waals surface area (Å²) in [6, 6.07) is 16.6. The molecule has 0 radical (unpaired) electrons. The second-order valence-corrected chi connectivity index (χ2v) is 10.4. The Bertz CT molecular complexity index is 1450. The maximum Gasteiger partial charge on any atom is 0.409 e. The molecule has 0 atom stereocenters. The summed E-state index contributed by atoms with van der Waals surface area (Å²) in [6.45, 7) is 7.08. The topological polar surface area (TPSA) is 93.5 Å². The Hall–Kier alpha value is -3.66. The molecule has 9 nitrogen and oxygen atoms in total. The lowest BCUT2D eigenvalue weighted by atomic mass is 10.1. The lowest BCUT2D eigenvalue weighted by Crippen LogP contribution is -2.50. The van der Waals surface area contributed by atoms with Crippen molar-refractivity contribution in [2.24, 2.45) is 0 Å². The summed E-state index contributed by atoms with van der Waals surface area (Å²) in [5, 5.41) is 10.6. The molecule has 198 valence electrons. The number of carbonyl (C=O) groups excluding carboxylic acids is 2. The molecule has 10 heteroatoms. The lowest BCUT2D eigenvalue weighted by molar-refractivity contribution is -0.132. The number of ether oxygens (including phenoxy) is 1. The van der Waals surface area contributed by atoms with E-state index in [1.54, 1.807) is 11.8 Å². The predicted molar refractivity (Wildman–Crippen MR) is 148 cm³/mol. The zero-order valence-electron chi connectivity index (χ0n) is 21.8. The maximum absolute atomic E-state index is 12.7. The van der Waals surface area contributed by atoms with Crippen molar-refractivity contribution in [3.63, 3.8) is 0 Å². The molecule has 3 heterocycles. The second-order valence-electron chi connectivity index (χ2n) is 9.32. The fourth-order valence-electron chi connectivity index (χ4n) is 4.77. The number of para-hydroxylation sites is 1. The Morgan fingerprint density at radius 1 is 0.974 bits per heavy atom. The number of thioether (sulfide) groups is 1. The highest BCUT2D eigenvalue weighted by Crippen LogP contribution is 2.28. The summed E-state index contributed by atoms with van der Waals surface area (Å²) in [4.78, 5) is 32.9. The van der Waals surface area contributed by atoms with Gasteiger partial charge in [-0.3, -0.25) is 4.79 Å². The smallest absolute Gasteiger partial charge is 0.409 e. The van der Waals surface area contributed by atoms with Crippen LogP contribution in [0.25, 0.3) is 22.1 Å². The van der Waals surface area contributed by atoms with E-state index in [4.69, 9.17) is 9.72 Å². The van der Waals surface area contributed by atoms with Crippen molar-refractivity contribution in [3.05, 3.63) is 59.7 Å². The van der Waals surface area contributed by atoms with Crippen LogP contribution >= 0.6 is 11.8 Å². The molecule has 0 N–H and O–H groups in total. The third-order valence-corrected chi connectivity index (χ3v) is 7.79. The van der Waals surface area contributed by atoms with E-state index in [0.29, 0.717) is 50.9 Å². The van der Waals surface area contributed by atoms with Crippen LogP contribution in [-0.4, -0.2) is 80.1 Å². The minimum atomic E-state index is -0.306. The number of fused-ring (bicyclic) bond motifs is 3. The first-order chi connectivity index (χ1) is 18.5. The molecule has 5 rings (SSSR count). The van der Waals surface area contributed by atoms with Crippen LogP contribution in [0.5, 0.6) is 0 Å². The molecule has 2 aromatic carbocycles. The van der Waals surface area contributed by atoms with Crippen molar-refractivity contribution in [3.8, 4) is 0 Å². The highest BCUT2D eigenvalue weighted by molar-refractivity contribution is 7.99. The molecular weight excluding hydrogens is 500 g/mol. The van der Waals surface area contributed by atoms with Gasteiger partial charge in [-0.15, -0.1) is 10.2 Å². The second kappa shape index (κ2) is 11.8. The van der Waals surface area contributed by atoms with E-state index in [1.165, 1.54) is 22.9 Å². The van der Waals surface area contributed by atoms with E-state index in [2.05, 4.69) is 58.1 Å². The summed E-state index contributed by atoms with van der Waals surface area (Å²) in [6.07, 6.45) is 0.865. The van der Waals surface area contributed by atoms with Gasteiger partial charge in [0, 0.05) is 50.3 Å². The van der Waals surface area contributed by atoms with Crippen LogP contribution in [-0.2, 0) is 16.1 Å². The molecule has 1 saturated heterocycles. The number of aromatic nitrogens is 4. The summed E-state index contributed by atoms with van der Waals surface area (Å²) >= 11 is 1.52. The van der Waals surface area contributed by atoms with Gasteiger partial charge in [-0.2, -0.15) is 0 Å². The van der Waals surface area contributed by atoms with Crippen molar-refractivity contribution in [2.75, 3.05) is 38.5 Å². The molecule has 0 saturated carbocycles. The van der Waals surface area contributed by atoms with E-state index in [0.717, 1.165) is 34.2 Å². The zero-order chi connectivity index (χ0) is 26.5. The Labute approximate surface area is 226 Å². The van der Waals surface area contributed by atoms with Gasteiger partial charge >= 0.3 is 6.09 Å². The number of benzene rings is 2. The molecule has 4 aromatic rings. The number of rotatable bonds is 8. The Morgan fingerprint density at radius 2 is 1.71 bits per heavy atom. The minimum absolute atomic E-state index is 0.113. The van der Waals surface area contributed by atoms with E-state index in [1.807, 2.05) is 17.0 Å². The number of nitrogens with zero attached hydrogens (tertiary/aromatic N) is 6. The molecule has 0 aliphatic carbocycles. The molecule has 0 bridgehead atoms. The number of hydrogen-bond acceptors (Lipinski definition) is 7. The van der Waals surface area contributed by atoms with E-state index in [9.17, 15) is 9.59 Å². The molecule has 1 aliphatic heterocycles. The Morgan fingerprint density at radius 3 is 2.50 bits per heavy atom. The van der Waals surface area contributed by atoms with Crippen LogP contribution < -0.4 is 0 Å². The number of amides is 2. The van der Waals surface area contributed by atoms with E-state index < -0.39 is 0 Å². The number of aryl methyl sites for hydroxylation is 1. The standard InChI is InChI=1S/C28H32N6O3S/c1-3-37-28(36)33-16-14-32(15-17-33)24(35)13-8-18-38-27-29-26-25(30-31-27)22-11-6-7-12-23(22)34(26)19-21-10-5-4-9-20(21)2/h4-7,9-12H,3,8,13-19H2,1-2H3. The quantitative estimate of drug-likeness (QED) is 0.243. The van der Waals surface area contributed by atoms with Crippen LogP contribution in [0.15, 0.2) is 53.7 Å². The van der Waals surface area contributed by atoms with Crippen LogP contribution in [0.4, 0.5) is 4.79 Å². The summed E-state index contributed by atoms with van der Waals surface area (Å²) in [7, 11) is 0. The Kier molecular flexibility index (Phi) is 8.07. The molecule has 1 fully saturated rings. The van der Waals surface area contributed by atoms with Gasteiger partial charge in [-0.25, -0.2) is 9.78 Å². The van der Waals surface area contributed by atoms with Crippen molar-refractivity contribution in [1.82, 2.24) is 29.5 Å². The van der Waals surface area contributed by atoms with Gasteiger partial charge in [0.25, 0.3) is 0 Å². The van der Waals surface area contributed by atoms with Crippen LogP contribution in [0.3, 0.4) is 0 Å². The highest BCUT2D eigenvalue weighted by atomic mass is 32.2. The van der Waals surface area contributed by atoms with Gasteiger partial charge in [-0.05, 0) is 37.5 Å². The number of carbonyl (C=O) groups is 2. The third-order valence-electron chi connectivity index (χ3n) is 6.87. The Balaban J connectivity index is 1.21. The minimum Gasteiger partial charge on any atom is -0.450 e. The van der Waals surface area contributed by atoms with Crippen molar-refractivity contribution in [1.29, 1.82) is 0 Å². The van der Waals surface area contributed by atoms with E-state index in [-0.39, 0.29) is 12.0 Å². The van der Waals surface area contributed by atoms with Crippen molar-refractivity contribution < 1.29 is 14.3 Å². The third kappa shape index (κ3) is 5.60. The van der Waals surface area contributed by atoms with Gasteiger partial charge in [0.05, 0.1) is 12.1 Å². The fourth-order valence-corrected chi connectivity index (χ4v) is 5.49. The lowest BCUT2D eigenvalue weighted by Gasteiger charge is -2.34. The summed E-state index contributed by atoms with van der Waals surface area (Å²) in [5.41, 5.74) is 5.19. The van der Waals surface area contributed by atoms with Gasteiger partial charge in [0.2, 0.25) is 11.1 Å². The van der Waals surface area contributed by atoms with Gasteiger partial charge < -0.3 is 19.1 Å². The highest BCUT2D eigenvalue weighted by Gasteiger charge is 2.24. The van der Waals surface area contributed by atoms with Crippen LogP contribution in [0.1, 0.15) is 30.9 Å². The van der Waals surface area contributed by atoms with Gasteiger partial charge in [0.1, 0.15) is 5.52 Å². The average molecular weight is 533 g/mol. The van der Waals surface area contributed by atoms with Crippen molar-refractivity contribution >= 4 is 45.8 Å². The number of hydrogen-bond donors (Lipinski definition) is 0. The number of piperazine rings is 1. The average Bonchev–Trinajstić information content (AvgIpc) is 3.25. The van der Waals surface area contributed by atoms with Gasteiger partial charge in [0.15, 0.2) is 5.65 Å². The molecular formula is C28H32N6O3S. The monoisotopic (exact) mass is 532 g/mol. The molecule has 1 aliphatic rings. The first kappa shape index (κ1) is 26.0. The predicted octanol–water partition coefficient (Wildman–Crippen LogP) is 4.51. The molecule has 0 spiro atoms. The molecule has 2 amide bonds. The van der Waals surface area contributed by atoms with Crippen LogP contribution in [0.2, 0.25) is 0 Å².